The molecule has 2 fully saturated rings. The molecule has 2 saturated heterocycles. The van der Waals surface area contributed by atoms with Gasteiger partial charge in [-0.25, -0.2) is 14.8 Å². The van der Waals surface area contributed by atoms with Gasteiger partial charge in [0.05, 0.1) is 13.1 Å². The van der Waals surface area contributed by atoms with Crippen LogP contribution in [0.2, 0.25) is 5.02 Å². The second-order valence-corrected chi connectivity index (χ2v) is 10.7. The summed E-state index contributed by atoms with van der Waals surface area (Å²) in [6.07, 6.45) is 1.34. The van der Waals surface area contributed by atoms with Crippen LogP contribution < -0.4 is 5.32 Å². The van der Waals surface area contributed by atoms with E-state index in [1.807, 2.05) is 65.6 Å². The van der Waals surface area contributed by atoms with Crippen molar-refractivity contribution in [1.29, 1.82) is 0 Å². The number of urea groups is 1. The molecule has 2 heterocycles. The normalized spacial score (nSPS) is 19.5. The second-order valence-electron chi connectivity index (χ2n) is 10.3. The lowest BCUT2D eigenvalue weighted by Gasteiger charge is -2.54. The fraction of sp³-hybridized carbons (Fsp3) is 0.323. The summed E-state index contributed by atoms with van der Waals surface area (Å²) in [6.45, 7) is 1.15. The van der Waals surface area contributed by atoms with Crippen LogP contribution in [0.4, 0.5) is 4.79 Å². The smallest absolute Gasteiger partial charge is 0.334 e. The van der Waals surface area contributed by atoms with E-state index in [4.69, 9.17) is 11.6 Å². The molecular weight excluding hydrogens is 526 g/mol. The third-order valence-corrected chi connectivity index (χ3v) is 7.76. The summed E-state index contributed by atoms with van der Waals surface area (Å²) < 4.78 is 0. The first kappa shape index (κ1) is 27.7. The number of benzene rings is 3. The lowest BCUT2D eigenvalue weighted by atomic mass is 9.98. The van der Waals surface area contributed by atoms with Gasteiger partial charge in [0.25, 0.3) is 0 Å². The number of fused-ring (bicyclic) bond motifs is 1. The first-order valence-corrected chi connectivity index (χ1v) is 14.0. The summed E-state index contributed by atoms with van der Waals surface area (Å²) >= 11 is 6.10. The number of hydrogen-bond donors (Lipinski definition) is 1. The molecule has 8 nitrogen and oxygen atoms in total. The molecular formula is C31H34ClN5O3. The third kappa shape index (κ3) is 6.29. The van der Waals surface area contributed by atoms with Crippen molar-refractivity contribution >= 4 is 29.4 Å². The van der Waals surface area contributed by atoms with Crippen molar-refractivity contribution in [3.05, 3.63) is 107 Å². The molecule has 2 aliphatic heterocycles. The molecule has 1 N–H and O–H groups in total. The van der Waals surface area contributed by atoms with E-state index >= 15 is 0 Å². The molecule has 3 aromatic carbocycles. The van der Waals surface area contributed by atoms with E-state index < -0.39 is 12.2 Å². The number of likely N-dealkylation sites (N-methyl/N-ethyl adjacent to an activating group) is 1. The predicted molar refractivity (Wildman–Crippen MR) is 154 cm³/mol. The number of nitrogens with one attached hydrogen (secondary N) is 1. The lowest BCUT2D eigenvalue weighted by Crippen LogP contribution is -2.76. The SMILES string of the molecule is CN1CC(=O)N2[C@@H](Cc3ccc(Cl)cc3)C(=O)N(CCCc3ccccc3)C[C@@H]2N1C(=O)NCc1ccccc1. The number of halogens is 1. The maximum atomic E-state index is 13.9. The van der Waals surface area contributed by atoms with Gasteiger partial charge >= 0.3 is 6.03 Å². The molecule has 0 unspecified atom stereocenters. The van der Waals surface area contributed by atoms with Gasteiger partial charge in [0.1, 0.15) is 12.2 Å². The Bertz CT molecular complexity index is 1320. The number of carbonyl (C=O) groups is 3. The summed E-state index contributed by atoms with van der Waals surface area (Å²) in [5.41, 5.74) is 3.09. The van der Waals surface area contributed by atoms with Gasteiger partial charge in [-0.1, -0.05) is 84.4 Å². The van der Waals surface area contributed by atoms with Crippen molar-refractivity contribution < 1.29 is 14.4 Å². The maximum absolute atomic E-state index is 13.9. The monoisotopic (exact) mass is 559 g/mol. The maximum Gasteiger partial charge on any atom is 0.334 e. The van der Waals surface area contributed by atoms with Crippen LogP contribution in [0.25, 0.3) is 0 Å². The summed E-state index contributed by atoms with van der Waals surface area (Å²) in [7, 11) is 1.74. The first-order valence-electron chi connectivity index (χ1n) is 13.6. The van der Waals surface area contributed by atoms with E-state index in [1.54, 1.807) is 34.1 Å². The Hall–Kier alpha value is -3.88. The van der Waals surface area contributed by atoms with E-state index in [1.165, 1.54) is 5.56 Å². The Balaban J connectivity index is 1.39. The van der Waals surface area contributed by atoms with Gasteiger partial charge < -0.3 is 15.1 Å². The number of nitrogens with zero attached hydrogens (tertiary/aromatic N) is 4. The molecule has 0 bridgehead atoms. The Kier molecular flexibility index (Phi) is 8.67. The molecule has 0 radical (unpaired) electrons. The van der Waals surface area contributed by atoms with Crippen molar-refractivity contribution in [3.8, 4) is 0 Å². The highest BCUT2D eigenvalue weighted by molar-refractivity contribution is 6.30. The molecule has 3 aromatic rings. The zero-order valence-electron chi connectivity index (χ0n) is 22.6. The number of amides is 4. The molecule has 2 aliphatic rings. The van der Waals surface area contributed by atoms with Crippen LogP contribution in [0, 0.1) is 0 Å². The molecule has 0 saturated carbocycles. The fourth-order valence-electron chi connectivity index (χ4n) is 5.52. The van der Waals surface area contributed by atoms with Crippen molar-refractivity contribution in [2.24, 2.45) is 0 Å². The van der Waals surface area contributed by atoms with Crippen LogP contribution in [0.5, 0.6) is 0 Å². The molecule has 9 heteroatoms. The van der Waals surface area contributed by atoms with Crippen LogP contribution in [0.15, 0.2) is 84.9 Å². The lowest BCUT2D eigenvalue weighted by molar-refractivity contribution is -0.186. The topological polar surface area (TPSA) is 76.2 Å². The van der Waals surface area contributed by atoms with Gasteiger partial charge in [0.2, 0.25) is 11.8 Å². The van der Waals surface area contributed by atoms with Crippen LogP contribution >= 0.6 is 11.6 Å². The molecule has 0 spiro atoms. The third-order valence-electron chi connectivity index (χ3n) is 7.51. The Morgan fingerprint density at radius 2 is 1.55 bits per heavy atom. The van der Waals surface area contributed by atoms with Crippen LogP contribution in [-0.4, -0.2) is 76.6 Å². The molecule has 2 atom stereocenters. The van der Waals surface area contributed by atoms with E-state index in [9.17, 15) is 14.4 Å². The van der Waals surface area contributed by atoms with E-state index in [0.29, 0.717) is 24.5 Å². The van der Waals surface area contributed by atoms with Crippen molar-refractivity contribution in [2.75, 3.05) is 26.7 Å². The second kappa shape index (κ2) is 12.5. The summed E-state index contributed by atoms with van der Waals surface area (Å²) in [6, 6.07) is 26.2. The highest BCUT2D eigenvalue weighted by atomic mass is 35.5. The minimum absolute atomic E-state index is 0.00760. The molecule has 5 rings (SSSR count). The molecule has 208 valence electrons. The largest absolute Gasteiger partial charge is 0.337 e. The molecule has 40 heavy (non-hydrogen) atoms. The summed E-state index contributed by atoms with van der Waals surface area (Å²) in [4.78, 5) is 44.3. The van der Waals surface area contributed by atoms with Gasteiger partial charge in [-0.3, -0.25) is 9.59 Å². The Labute approximate surface area is 240 Å². The first-order chi connectivity index (χ1) is 19.4. The number of carbonyl (C=O) groups excluding carboxylic acids is 3. The van der Waals surface area contributed by atoms with Gasteiger partial charge in [-0.05, 0) is 41.7 Å². The standard InChI is InChI=1S/C31H34ClN5O3/c1-34-22-29(38)36-27(19-24-14-16-26(32)17-15-24)30(39)35(18-8-13-23-9-4-2-5-10-23)21-28(36)37(34)31(40)33-20-25-11-6-3-7-12-25/h2-7,9-12,14-17,27-28H,8,13,18-22H2,1H3,(H,33,40)/t27-,28-/m0/s1. The van der Waals surface area contributed by atoms with Crippen molar-refractivity contribution in [1.82, 2.24) is 25.1 Å². The van der Waals surface area contributed by atoms with Crippen molar-refractivity contribution in [2.45, 2.75) is 38.0 Å². The molecule has 4 amide bonds. The molecule has 0 aliphatic carbocycles. The zero-order valence-corrected chi connectivity index (χ0v) is 23.3. The van der Waals surface area contributed by atoms with Crippen LogP contribution in [0.1, 0.15) is 23.1 Å². The van der Waals surface area contributed by atoms with E-state index in [2.05, 4.69) is 17.4 Å². The van der Waals surface area contributed by atoms with Gasteiger partial charge in [0, 0.05) is 31.6 Å². The van der Waals surface area contributed by atoms with Crippen LogP contribution in [0.3, 0.4) is 0 Å². The zero-order chi connectivity index (χ0) is 28.1. The fourth-order valence-corrected chi connectivity index (χ4v) is 5.65. The van der Waals surface area contributed by atoms with Crippen LogP contribution in [-0.2, 0) is 29.0 Å². The average molecular weight is 560 g/mol. The quantitative estimate of drug-likeness (QED) is 0.453. The Morgan fingerprint density at radius 1 is 0.900 bits per heavy atom. The van der Waals surface area contributed by atoms with Gasteiger partial charge in [-0.2, -0.15) is 0 Å². The summed E-state index contributed by atoms with van der Waals surface area (Å²) in [5.74, 6) is -0.266. The highest BCUT2D eigenvalue weighted by Crippen LogP contribution is 2.28. The number of hydrogen-bond acceptors (Lipinski definition) is 4. The summed E-state index contributed by atoms with van der Waals surface area (Å²) in [5, 5.41) is 6.85. The molecule has 0 aromatic heterocycles. The number of piperazine rings is 1. The Morgan fingerprint density at radius 3 is 2.23 bits per heavy atom. The van der Waals surface area contributed by atoms with Gasteiger partial charge in [-0.15, -0.1) is 0 Å². The van der Waals surface area contributed by atoms with E-state index in [0.717, 1.165) is 24.0 Å². The van der Waals surface area contributed by atoms with Crippen molar-refractivity contribution in [3.63, 3.8) is 0 Å². The van der Waals surface area contributed by atoms with Gasteiger partial charge in [0.15, 0.2) is 0 Å². The average Bonchev–Trinajstić information content (AvgIpc) is 2.96. The highest BCUT2D eigenvalue weighted by Gasteiger charge is 2.50. The minimum atomic E-state index is -0.720. The predicted octanol–water partition coefficient (Wildman–Crippen LogP) is 3.95. The minimum Gasteiger partial charge on any atom is -0.337 e. The number of hydrazine groups is 1. The number of aryl methyl sites for hydroxylation is 1. The number of rotatable bonds is 8. The van der Waals surface area contributed by atoms with E-state index in [-0.39, 0.29) is 30.9 Å².